The normalized spacial score (nSPS) is 12.5. The van der Waals surface area contributed by atoms with E-state index >= 15 is 0 Å². The maximum absolute atomic E-state index is 12.7. The lowest BCUT2D eigenvalue weighted by Crippen LogP contribution is -2.15. The smallest absolute Gasteiger partial charge is 0.416 e. The van der Waals surface area contributed by atoms with Crippen molar-refractivity contribution in [3.63, 3.8) is 0 Å². The van der Waals surface area contributed by atoms with Gasteiger partial charge in [0.2, 0.25) is 0 Å². The van der Waals surface area contributed by atoms with Crippen molar-refractivity contribution in [2.45, 2.75) is 24.9 Å². The summed E-state index contributed by atoms with van der Waals surface area (Å²) >= 11 is 3.36. The van der Waals surface area contributed by atoms with Crippen molar-refractivity contribution < 1.29 is 22.7 Å². The minimum absolute atomic E-state index is 0.396. The molecule has 1 atom stereocenters. The molecule has 0 saturated heterocycles. The Balaban J connectivity index is 2.13. The number of halogens is 4. The standard InChI is InChI=1S/C20H18BrF3O2/c1-13(14-6-10-17(21)11-7-14)3-12-18(19(25)26-2)15-4-8-16(9-5-15)20(22,23)24/h4-11,18H,1,3,12H2,2H3. The number of benzene rings is 2. The van der Waals surface area contributed by atoms with Gasteiger partial charge in [-0.2, -0.15) is 13.2 Å². The first-order valence-electron chi connectivity index (χ1n) is 7.91. The lowest BCUT2D eigenvalue weighted by atomic mass is 9.90. The third kappa shape index (κ3) is 5.21. The monoisotopic (exact) mass is 426 g/mol. The SMILES string of the molecule is C=C(CCC(C(=O)OC)c1ccc(C(F)(F)F)cc1)c1ccc(Br)cc1. The van der Waals surface area contributed by atoms with Gasteiger partial charge in [0, 0.05) is 4.47 Å². The highest BCUT2D eigenvalue weighted by atomic mass is 79.9. The molecule has 0 aliphatic carbocycles. The van der Waals surface area contributed by atoms with Crippen molar-refractivity contribution in [3.8, 4) is 0 Å². The van der Waals surface area contributed by atoms with Crippen LogP contribution in [0.4, 0.5) is 13.2 Å². The average molecular weight is 427 g/mol. The summed E-state index contributed by atoms with van der Waals surface area (Å²) in [6, 6.07) is 12.2. The van der Waals surface area contributed by atoms with Crippen molar-refractivity contribution in [3.05, 3.63) is 76.3 Å². The third-order valence-electron chi connectivity index (χ3n) is 4.11. The second-order valence-corrected chi connectivity index (χ2v) is 6.76. The first-order valence-corrected chi connectivity index (χ1v) is 8.70. The summed E-state index contributed by atoms with van der Waals surface area (Å²) in [5.74, 6) is -1.12. The largest absolute Gasteiger partial charge is 0.469 e. The van der Waals surface area contributed by atoms with E-state index < -0.39 is 23.6 Å². The molecular formula is C20H18BrF3O2. The van der Waals surface area contributed by atoms with Gasteiger partial charge in [-0.25, -0.2) is 0 Å². The van der Waals surface area contributed by atoms with Gasteiger partial charge in [0.05, 0.1) is 18.6 Å². The molecule has 0 fully saturated rings. The summed E-state index contributed by atoms with van der Waals surface area (Å²) in [6.45, 7) is 4.04. The van der Waals surface area contributed by atoms with Gasteiger partial charge in [-0.15, -0.1) is 0 Å². The molecule has 2 rings (SSSR count). The van der Waals surface area contributed by atoms with Crippen LogP contribution >= 0.6 is 15.9 Å². The molecule has 0 aliphatic heterocycles. The van der Waals surface area contributed by atoms with E-state index in [9.17, 15) is 18.0 Å². The van der Waals surface area contributed by atoms with Crippen LogP contribution in [0, 0.1) is 0 Å². The number of hydrogen-bond donors (Lipinski definition) is 0. The number of rotatable bonds is 6. The molecule has 0 spiro atoms. The van der Waals surface area contributed by atoms with Crippen molar-refractivity contribution in [2.24, 2.45) is 0 Å². The maximum Gasteiger partial charge on any atom is 0.416 e. The second-order valence-electron chi connectivity index (χ2n) is 5.84. The lowest BCUT2D eigenvalue weighted by Gasteiger charge is -2.17. The van der Waals surface area contributed by atoms with Gasteiger partial charge < -0.3 is 4.74 Å². The molecule has 0 amide bonds. The molecule has 2 nitrogen and oxygen atoms in total. The van der Waals surface area contributed by atoms with E-state index in [4.69, 9.17) is 4.74 Å². The van der Waals surface area contributed by atoms with Crippen LogP contribution in [0.25, 0.3) is 5.57 Å². The van der Waals surface area contributed by atoms with Gasteiger partial charge in [0.1, 0.15) is 0 Å². The number of esters is 1. The Labute approximate surface area is 158 Å². The van der Waals surface area contributed by atoms with Gasteiger partial charge in [0.25, 0.3) is 0 Å². The van der Waals surface area contributed by atoms with Gasteiger partial charge in [-0.3, -0.25) is 4.79 Å². The van der Waals surface area contributed by atoms with Crippen LogP contribution in [0.15, 0.2) is 59.6 Å². The predicted molar refractivity (Wildman–Crippen MR) is 98.6 cm³/mol. The minimum Gasteiger partial charge on any atom is -0.469 e. The highest BCUT2D eigenvalue weighted by Gasteiger charge is 2.31. The van der Waals surface area contributed by atoms with Crippen LogP contribution in [0.3, 0.4) is 0 Å². The molecule has 2 aromatic rings. The highest BCUT2D eigenvalue weighted by Crippen LogP contribution is 2.32. The zero-order chi connectivity index (χ0) is 19.3. The number of hydrogen-bond acceptors (Lipinski definition) is 2. The summed E-state index contributed by atoms with van der Waals surface area (Å²) < 4.78 is 43.9. The molecule has 138 valence electrons. The number of methoxy groups -OCH3 is 1. The summed E-state index contributed by atoms with van der Waals surface area (Å²) in [5, 5.41) is 0. The molecule has 2 aromatic carbocycles. The number of carbonyl (C=O) groups excluding carboxylic acids is 1. The van der Waals surface area contributed by atoms with E-state index in [0.717, 1.165) is 27.7 Å². The molecule has 1 unspecified atom stereocenters. The number of ether oxygens (including phenoxy) is 1. The highest BCUT2D eigenvalue weighted by molar-refractivity contribution is 9.10. The number of carbonyl (C=O) groups is 1. The first kappa shape index (κ1) is 20.2. The fourth-order valence-corrected chi connectivity index (χ4v) is 2.88. The molecule has 0 aliphatic rings. The topological polar surface area (TPSA) is 26.3 Å². The molecule has 0 bridgehead atoms. The van der Waals surface area contributed by atoms with Gasteiger partial charge in [-0.1, -0.05) is 46.8 Å². The van der Waals surface area contributed by atoms with Crippen molar-refractivity contribution >= 4 is 27.5 Å². The molecule has 26 heavy (non-hydrogen) atoms. The summed E-state index contributed by atoms with van der Waals surface area (Å²) in [6.07, 6.45) is -3.50. The van der Waals surface area contributed by atoms with Crippen molar-refractivity contribution in [1.82, 2.24) is 0 Å². The zero-order valence-electron chi connectivity index (χ0n) is 14.1. The van der Waals surface area contributed by atoms with E-state index in [0.29, 0.717) is 18.4 Å². The zero-order valence-corrected chi connectivity index (χ0v) is 15.7. The van der Waals surface area contributed by atoms with Crippen molar-refractivity contribution in [2.75, 3.05) is 7.11 Å². The van der Waals surface area contributed by atoms with Crippen molar-refractivity contribution in [1.29, 1.82) is 0 Å². The van der Waals surface area contributed by atoms with Crippen LogP contribution in [0.2, 0.25) is 0 Å². The Morgan fingerprint density at radius 3 is 2.19 bits per heavy atom. The van der Waals surface area contributed by atoms with E-state index in [-0.39, 0.29) is 0 Å². The molecular weight excluding hydrogens is 409 g/mol. The Hall–Kier alpha value is -2.08. The Morgan fingerprint density at radius 1 is 1.12 bits per heavy atom. The summed E-state index contributed by atoms with van der Waals surface area (Å²) in [5.41, 5.74) is 1.54. The average Bonchev–Trinajstić information content (AvgIpc) is 2.61. The predicted octanol–water partition coefficient (Wildman–Crippen LogP) is 6.22. The summed E-state index contributed by atoms with van der Waals surface area (Å²) in [7, 11) is 1.27. The molecule has 0 saturated carbocycles. The van der Waals surface area contributed by atoms with Crippen LogP contribution in [0.1, 0.15) is 35.4 Å². The van der Waals surface area contributed by atoms with Gasteiger partial charge >= 0.3 is 12.1 Å². The van der Waals surface area contributed by atoms with E-state index in [1.165, 1.54) is 19.2 Å². The number of alkyl halides is 3. The third-order valence-corrected chi connectivity index (χ3v) is 4.64. The van der Waals surface area contributed by atoms with E-state index in [1.54, 1.807) is 0 Å². The Morgan fingerprint density at radius 2 is 1.69 bits per heavy atom. The van der Waals surface area contributed by atoms with Crippen LogP contribution in [-0.2, 0) is 15.7 Å². The Bertz CT molecular complexity index is 765. The molecule has 0 radical (unpaired) electrons. The lowest BCUT2D eigenvalue weighted by molar-refractivity contribution is -0.142. The summed E-state index contributed by atoms with van der Waals surface area (Å²) in [4.78, 5) is 12.1. The van der Waals surface area contributed by atoms with E-state index in [1.807, 2.05) is 24.3 Å². The van der Waals surface area contributed by atoms with E-state index in [2.05, 4.69) is 22.5 Å². The molecule has 0 aromatic heterocycles. The van der Waals surface area contributed by atoms with Gasteiger partial charge in [-0.05, 0) is 53.8 Å². The Kier molecular flexibility index (Phi) is 6.64. The molecule has 0 heterocycles. The quantitative estimate of drug-likeness (QED) is 0.512. The van der Waals surface area contributed by atoms with Crippen LogP contribution in [0.5, 0.6) is 0 Å². The van der Waals surface area contributed by atoms with Crippen LogP contribution < -0.4 is 0 Å². The van der Waals surface area contributed by atoms with Crippen LogP contribution in [-0.4, -0.2) is 13.1 Å². The fourth-order valence-electron chi connectivity index (χ4n) is 2.62. The van der Waals surface area contributed by atoms with Gasteiger partial charge in [0.15, 0.2) is 0 Å². The maximum atomic E-state index is 12.7. The second kappa shape index (κ2) is 8.54. The minimum atomic E-state index is -4.41. The fraction of sp³-hybridized carbons (Fsp3) is 0.250. The molecule has 0 N–H and O–H groups in total. The molecule has 6 heteroatoms. The number of allylic oxidation sites excluding steroid dienone is 1. The first-order chi connectivity index (χ1) is 12.2.